The van der Waals surface area contributed by atoms with E-state index in [4.69, 9.17) is 4.74 Å². The first-order chi connectivity index (χ1) is 7.18. The van der Waals surface area contributed by atoms with Crippen LogP contribution in [0.2, 0.25) is 0 Å². The van der Waals surface area contributed by atoms with Crippen LogP contribution in [0.15, 0.2) is 0 Å². The van der Waals surface area contributed by atoms with Gasteiger partial charge in [-0.1, -0.05) is 13.8 Å². The predicted molar refractivity (Wildman–Crippen MR) is 60.6 cm³/mol. The van der Waals surface area contributed by atoms with E-state index in [1.807, 2.05) is 0 Å². The molecular weight excluding hydrogens is 190 g/mol. The monoisotopic (exact) mass is 213 g/mol. The lowest BCUT2D eigenvalue weighted by Crippen LogP contribution is -2.38. The molecule has 0 atom stereocenters. The second-order valence-corrected chi connectivity index (χ2v) is 5.06. The van der Waals surface area contributed by atoms with Crippen molar-refractivity contribution in [2.24, 2.45) is 11.3 Å². The Balaban J connectivity index is 2.46. The van der Waals surface area contributed by atoms with Gasteiger partial charge in [-0.3, -0.25) is 4.79 Å². The van der Waals surface area contributed by atoms with E-state index in [9.17, 15) is 4.79 Å². The Labute approximate surface area is 92.6 Å². The quantitative estimate of drug-likeness (QED) is 0.541. The predicted octanol–water partition coefficient (Wildman–Crippen LogP) is 1.97. The highest BCUT2D eigenvalue weighted by molar-refractivity contribution is 5.36. The summed E-state index contributed by atoms with van der Waals surface area (Å²) in [5.74, 6) is 0.722. The maximum absolute atomic E-state index is 10.1. The molecule has 0 spiro atoms. The first-order valence-corrected chi connectivity index (χ1v) is 5.94. The molecule has 3 heteroatoms. The number of hydrogen-bond acceptors (Lipinski definition) is 3. The van der Waals surface area contributed by atoms with Crippen LogP contribution in [0.4, 0.5) is 0 Å². The van der Waals surface area contributed by atoms with E-state index in [2.05, 4.69) is 19.2 Å². The zero-order chi connectivity index (χ0) is 11.1. The Morgan fingerprint density at radius 1 is 1.40 bits per heavy atom. The van der Waals surface area contributed by atoms with Crippen LogP contribution in [-0.2, 0) is 9.53 Å². The molecule has 0 aromatic rings. The summed E-state index contributed by atoms with van der Waals surface area (Å²) in [6.45, 7) is 7.89. The summed E-state index contributed by atoms with van der Waals surface area (Å²) in [6.07, 6.45) is 4.70. The Hall–Kier alpha value is -0.570. The Morgan fingerprint density at radius 3 is 2.60 bits per heavy atom. The number of ether oxygens (including phenoxy) is 1. The van der Waals surface area contributed by atoms with Gasteiger partial charge < -0.3 is 10.1 Å². The minimum Gasteiger partial charge on any atom is -0.468 e. The Bertz CT molecular complexity index is 186. The molecule has 1 rings (SSSR count). The van der Waals surface area contributed by atoms with E-state index < -0.39 is 0 Å². The van der Waals surface area contributed by atoms with Crippen LogP contribution >= 0.6 is 0 Å². The molecule has 0 aromatic carbocycles. The molecule has 1 aliphatic rings. The lowest BCUT2D eigenvalue weighted by molar-refractivity contribution is -0.129. The van der Waals surface area contributed by atoms with Crippen LogP contribution in [0.5, 0.6) is 0 Å². The van der Waals surface area contributed by atoms with Crippen LogP contribution in [0.1, 0.15) is 39.5 Å². The summed E-state index contributed by atoms with van der Waals surface area (Å²) in [5.41, 5.74) is 0.405. The minimum atomic E-state index is 0.405. The van der Waals surface area contributed by atoms with Gasteiger partial charge in [0.2, 0.25) is 0 Å². The van der Waals surface area contributed by atoms with Crippen LogP contribution in [0, 0.1) is 11.3 Å². The fourth-order valence-electron chi connectivity index (χ4n) is 2.70. The van der Waals surface area contributed by atoms with Crippen molar-refractivity contribution < 1.29 is 9.53 Å². The van der Waals surface area contributed by atoms with Crippen molar-refractivity contribution in [2.75, 3.05) is 19.7 Å². The SMILES string of the molecule is CC(C)CC1(CCOC=O)CCNCC1. The number of carbonyl (C=O) groups excluding carboxylic acids is 1. The maximum atomic E-state index is 10.1. The second kappa shape index (κ2) is 6.11. The lowest BCUT2D eigenvalue weighted by atomic mass is 9.71. The van der Waals surface area contributed by atoms with Gasteiger partial charge in [-0.2, -0.15) is 0 Å². The Morgan fingerprint density at radius 2 is 2.07 bits per heavy atom. The number of nitrogens with one attached hydrogen (secondary N) is 1. The molecule has 0 aromatic heterocycles. The van der Waals surface area contributed by atoms with E-state index in [0.29, 0.717) is 18.5 Å². The van der Waals surface area contributed by atoms with Crippen molar-refractivity contribution in [3.63, 3.8) is 0 Å². The Kier molecular flexibility index (Phi) is 5.09. The van der Waals surface area contributed by atoms with E-state index in [-0.39, 0.29) is 0 Å². The molecular formula is C12H23NO2. The van der Waals surface area contributed by atoms with Gasteiger partial charge >= 0.3 is 0 Å². The fraction of sp³-hybridized carbons (Fsp3) is 0.917. The molecule has 1 aliphatic heterocycles. The maximum Gasteiger partial charge on any atom is 0.293 e. The summed E-state index contributed by atoms with van der Waals surface area (Å²) in [7, 11) is 0. The molecule has 1 fully saturated rings. The molecule has 0 saturated carbocycles. The zero-order valence-corrected chi connectivity index (χ0v) is 9.92. The number of piperidine rings is 1. The normalized spacial score (nSPS) is 20.2. The lowest BCUT2D eigenvalue weighted by Gasteiger charge is -2.39. The van der Waals surface area contributed by atoms with Crippen molar-refractivity contribution in [3.05, 3.63) is 0 Å². The molecule has 3 nitrogen and oxygen atoms in total. The van der Waals surface area contributed by atoms with Crippen molar-refractivity contribution in [2.45, 2.75) is 39.5 Å². The summed E-state index contributed by atoms with van der Waals surface area (Å²) < 4.78 is 4.84. The van der Waals surface area contributed by atoms with E-state index in [0.717, 1.165) is 25.4 Å². The highest BCUT2D eigenvalue weighted by atomic mass is 16.5. The van der Waals surface area contributed by atoms with Gasteiger partial charge in [-0.15, -0.1) is 0 Å². The van der Waals surface area contributed by atoms with Gasteiger partial charge in [-0.05, 0) is 50.1 Å². The summed E-state index contributed by atoms with van der Waals surface area (Å²) in [5, 5.41) is 3.39. The van der Waals surface area contributed by atoms with Gasteiger partial charge in [0.25, 0.3) is 6.47 Å². The third-order valence-corrected chi connectivity index (χ3v) is 3.32. The third kappa shape index (κ3) is 4.20. The molecule has 1 heterocycles. The standard InChI is InChI=1S/C12H23NO2/c1-11(2)9-12(5-8-15-10-14)3-6-13-7-4-12/h10-11,13H,3-9H2,1-2H3. The first-order valence-electron chi connectivity index (χ1n) is 5.94. The van der Waals surface area contributed by atoms with E-state index in [1.165, 1.54) is 19.3 Å². The number of rotatable bonds is 6. The highest BCUT2D eigenvalue weighted by Gasteiger charge is 2.32. The van der Waals surface area contributed by atoms with Crippen molar-refractivity contribution in [1.82, 2.24) is 5.32 Å². The number of hydrogen-bond donors (Lipinski definition) is 1. The zero-order valence-electron chi connectivity index (χ0n) is 9.92. The summed E-state index contributed by atoms with van der Waals surface area (Å²) in [6, 6.07) is 0. The number of carbonyl (C=O) groups is 1. The van der Waals surface area contributed by atoms with Gasteiger partial charge in [0.15, 0.2) is 0 Å². The van der Waals surface area contributed by atoms with Gasteiger partial charge in [-0.25, -0.2) is 0 Å². The van der Waals surface area contributed by atoms with Crippen LogP contribution in [-0.4, -0.2) is 26.2 Å². The molecule has 15 heavy (non-hydrogen) atoms. The van der Waals surface area contributed by atoms with Crippen molar-refractivity contribution in [3.8, 4) is 0 Å². The molecule has 0 radical (unpaired) electrons. The van der Waals surface area contributed by atoms with E-state index >= 15 is 0 Å². The molecule has 0 bridgehead atoms. The van der Waals surface area contributed by atoms with Crippen molar-refractivity contribution in [1.29, 1.82) is 0 Å². The summed E-state index contributed by atoms with van der Waals surface area (Å²) >= 11 is 0. The molecule has 0 amide bonds. The fourth-order valence-corrected chi connectivity index (χ4v) is 2.70. The third-order valence-electron chi connectivity index (χ3n) is 3.32. The second-order valence-electron chi connectivity index (χ2n) is 5.06. The molecule has 1 saturated heterocycles. The van der Waals surface area contributed by atoms with Gasteiger partial charge in [0.1, 0.15) is 0 Å². The highest BCUT2D eigenvalue weighted by Crippen LogP contribution is 2.38. The van der Waals surface area contributed by atoms with Crippen LogP contribution in [0.25, 0.3) is 0 Å². The molecule has 0 unspecified atom stereocenters. The smallest absolute Gasteiger partial charge is 0.293 e. The van der Waals surface area contributed by atoms with Crippen molar-refractivity contribution >= 4 is 6.47 Å². The molecule has 0 aliphatic carbocycles. The van der Waals surface area contributed by atoms with Gasteiger partial charge in [0, 0.05) is 0 Å². The average molecular weight is 213 g/mol. The van der Waals surface area contributed by atoms with E-state index in [1.54, 1.807) is 0 Å². The largest absolute Gasteiger partial charge is 0.468 e. The van der Waals surface area contributed by atoms with Crippen LogP contribution < -0.4 is 5.32 Å². The molecule has 1 N–H and O–H groups in total. The topological polar surface area (TPSA) is 38.3 Å². The minimum absolute atomic E-state index is 0.405. The first kappa shape index (κ1) is 12.5. The summed E-state index contributed by atoms with van der Waals surface area (Å²) in [4.78, 5) is 10.1. The van der Waals surface area contributed by atoms with Gasteiger partial charge in [0.05, 0.1) is 6.61 Å². The van der Waals surface area contributed by atoms with Crippen LogP contribution in [0.3, 0.4) is 0 Å². The molecule has 88 valence electrons. The average Bonchev–Trinajstić information content (AvgIpc) is 2.18.